The van der Waals surface area contributed by atoms with Crippen molar-refractivity contribution < 1.29 is 23.1 Å². The second kappa shape index (κ2) is 7.52. The van der Waals surface area contributed by atoms with Crippen LogP contribution in [0.4, 0.5) is 4.39 Å². The first kappa shape index (κ1) is 17.7. The SMILES string of the molecule is O=C(COc1ccc(F)cc1)OCc1cc(=O)oc2ccc3ccccc3c12. The van der Waals surface area contributed by atoms with Crippen molar-refractivity contribution >= 4 is 27.7 Å². The van der Waals surface area contributed by atoms with Crippen LogP contribution in [0.25, 0.3) is 21.7 Å². The van der Waals surface area contributed by atoms with Crippen molar-refractivity contribution in [3.8, 4) is 5.75 Å². The van der Waals surface area contributed by atoms with Gasteiger partial charge in [-0.2, -0.15) is 0 Å². The molecule has 0 saturated carbocycles. The minimum absolute atomic E-state index is 0.0955. The highest BCUT2D eigenvalue weighted by Gasteiger charge is 2.12. The summed E-state index contributed by atoms with van der Waals surface area (Å²) < 4.78 is 28.7. The van der Waals surface area contributed by atoms with E-state index in [0.717, 1.165) is 16.2 Å². The van der Waals surface area contributed by atoms with Gasteiger partial charge < -0.3 is 13.9 Å². The van der Waals surface area contributed by atoms with Crippen LogP contribution in [0.1, 0.15) is 5.56 Å². The van der Waals surface area contributed by atoms with Crippen molar-refractivity contribution in [1.82, 2.24) is 0 Å². The Morgan fingerprint density at radius 1 is 1.00 bits per heavy atom. The van der Waals surface area contributed by atoms with E-state index in [4.69, 9.17) is 13.9 Å². The summed E-state index contributed by atoms with van der Waals surface area (Å²) in [6.07, 6.45) is 0. The van der Waals surface area contributed by atoms with E-state index in [1.54, 1.807) is 6.07 Å². The van der Waals surface area contributed by atoms with E-state index in [-0.39, 0.29) is 13.2 Å². The van der Waals surface area contributed by atoms with Crippen LogP contribution < -0.4 is 10.4 Å². The van der Waals surface area contributed by atoms with E-state index in [0.29, 0.717) is 16.9 Å². The summed E-state index contributed by atoms with van der Waals surface area (Å²) in [5.74, 6) is -0.641. The Morgan fingerprint density at radius 2 is 1.79 bits per heavy atom. The number of hydrogen-bond acceptors (Lipinski definition) is 5. The largest absolute Gasteiger partial charge is 0.482 e. The second-order valence-electron chi connectivity index (χ2n) is 6.15. The zero-order valence-corrected chi connectivity index (χ0v) is 14.7. The summed E-state index contributed by atoms with van der Waals surface area (Å²) in [4.78, 5) is 23.9. The van der Waals surface area contributed by atoms with Gasteiger partial charge >= 0.3 is 11.6 Å². The predicted molar refractivity (Wildman–Crippen MR) is 102 cm³/mol. The fourth-order valence-electron chi connectivity index (χ4n) is 3.01. The predicted octanol–water partition coefficient (Wildman–Crippen LogP) is 4.21. The fraction of sp³-hybridized carbons (Fsp3) is 0.0909. The summed E-state index contributed by atoms with van der Waals surface area (Å²) >= 11 is 0. The Morgan fingerprint density at radius 3 is 2.61 bits per heavy atom. The number of carbonyl (C=O) groups is 1. The molecule has 4 aromatic rings. The van der Waals surface area contributed by atoms with Gasteiger partial charge in [0.15, 0.2) is 6.61 Å². The lowest BCUT2D eigenvalue weighted by atomic mass is 10.0. The Labute approximate surface area is 158 Å². The van der Waals surface area contributed by atoms with E-state index in [1.165, 1.54) is 30.3 Å². The molecule has 1 heterocycles. The molecule has 0 spiro atoms. The minimum Gasteiger partial charge on any atom is -0.482 e. The molecule has 0 unspecified atom stereocenters. The summed E-state index contributed by atoms with van der Waals surface area (Å²) in [6, 6.07) is 17.9. The van der Waals surface area contributed by atoms with Crippen LogP contribution in [0.3, 0.4) is 0 Å². The Bertz CT molecular complexity index is 1210. The van der Waals surface area contributed by atoms with Crippen LogP contribution in [0.2, 0.25) is 0 Å². The highest BCUT2D eigenvalue weighted by molar-refractivity contribution is 6.07. The summed E-state index contributed by atoms with van der Waals surface area (Å²) in [6.45, 7) is -0.423. The van der Waals surface area contributed by atoms with E-state index >= 15 is 0 Å². The molecule has 0 atom stereocenters. The van der Waals surface area contributed by atoms with Crippen molar-refractivity contribution in [3.05, 3.63) is 88.5 Å². The Kier molecular flexibility index (Phi) is 4.76. The van der Waals surface area contributed by atoms with Crippen molar-refractivity contribution in [2.75, 3.05) is 6.61 Å². The maximum absolute atomic E-state index is 12.9. The van der Waals surface area contributed by atoms with Crippen molar-refractivity contribution in [2.24, 2.45) is 0 Å². The number of hydrogen-bond donors (Lipinski definition) is 0. The first-order valence-corrected chi connectivity index (χ1v) is 8.58. The third kappa shape index (κ3) is 3.71. The molecule has 0 fully saturated rings. The zero-order valence-electron chi connectivity index (χ0n) is 14.7. The topological polar surface area (TPSA) is 65.7 Å². The number of halogens is 1. The van der Waals surface area contributed by atoms with Gasteiger partial charge in [-0.25, -0.2) is 14.0 Å². The van der Waals surface area contributed by atoms with E-state index < -0.39 is 17.4 Å². The van der Waals surface area contributed by atoms with Crippen LogP contribution in [0, 0.1) is 5.82 Å². The van der Waals surface area contributed by atoms with Gasteiger partial charge in [0.05, 0.1) is 0 Å². The number of fused-ring (bicyclic) bond motifs is 3. The van der Waals surface area contributed by atoms with Crippen molar-refractivity contribution in [1.29, 1.82) is 0 Å². The summed E-state index contributed by atoms with van der Waals surface area (Å²) in [5.41, 5.74) is 0.467. The molecule has 0 saturated heterocycles. The molecule has 4 rings (SSSR count). The van der Waals surface area contributed by atoms with Gasteiger partial charge in [0.1, 0.15) is 23.8 Å². The van der Waals surface area contributed by atoms with Crippen molar-refractivity contribution in [2.45, 2.75) is 6.61 Å². The normalized spacial score (nSPS) is 10.9. The highest BCUT2D eigenvalue weighted by atomic mass is 19.1. The van der Waals surface area contributed by atoms with Gasteiger partial charge in [-0.15, -0.1) is 0 Å². The number of benzene rings is 3. The lowest BCUT2D eigenvalue weighted by Crippen LogP contribution is -2.15. The van der Waals surface area contributed by atoms with Gasteiger partial charge in [-0.3, -0.25) is 0 Å². The molecule has 6 heteroatoms. The van der Waals surface area contributed by atoms with Gasteiger partial charge in [0.25, 0.3) is 0 Å². The van der Waals surface area contributed by atoms with Gasteiger partial charge in [-0.1, -0.05) is 30.3 Å². The second-order valence-corrected chi connectivity index (χ2v) is 6.15. The Balaban J connectivity index is 1.54. The number of carbonyl (C=O) groups excluding carboxylic acids is 1. The molecule has 0 N–H and O–H groups in total. The van der Waals surface area contributed by atoms with Gasteiger partial charge in [0, 0.05) is 17.0 Å². The summed E-state index contributed by atoms with van der Waals surface area (Å²) in [7, 11) is 0. The molecule has 0 aliphatic carbocycles. The monoisotopic (exact) mass is 378 g/mol. The third-order valence-electron chi connectivity index (χ3n) is 4.27. The van der Waals surface area contributed by atoms with Crippen molar-refractivity contribution in [3.63, 3.8) is 0 Å². The standard InChI is InChI=1S/C22H15FO5/c23-16-6-8-17(9-7-16)26-13-21(25)27-12-15-11-20(24)28-19-10-5-14-3-1-2-4-18(14)22(15)19/h1-11H,12-13H2. The maximum atomic E-state index is 12.9. The molecule has 0 aliphatic heterocycles. The number of ether oxygens (including phenoxy) is 2. The smallest absolute Gasteiger partial charge is 0.344 e. The van der Waals surface area contributed by atoms with Crippen LogP contribution in [0.5, 0.6) is 5.75 Å². The quantitative estimate of drug-likeness (QED) is 0.296. The molecule has 0 aliphatic rings. The number of esters is 1. The number of rotatable bonds is 5. The molecule has 28 heavy (non-hydrogen) atoms. The maximum Gasteiger partial charge on any atom is 0.344 e. The lowest BCUT2D eigenvalue weighted by molar-refractivity contribution is -0.147. The average molecular weight is 378 g/mol. The van der Waals surface area contributed by atoms with Crippen LogP contribution >= 0.6 is 0 Å². The first-order valence-electron chi connectivity index (χ1n) is 8.58. The lowest BCUT2D eigenvalue weighted by Gasteiger charge is -2.10. The average Bonchev–Trinajstić information content (AvgIpc) is 2.71. The van der Waals surface area contributed by atoms with E-state index in [1.807, 2.05) is 30.3 Å². The van der Waals surface area contributed by atoms with E-state index in [9.17, 15) is 14.0 Å². The van der Waals surface area contributed by atoms with Crippen LogP contribution in [-0.2, 0) is 16.1 Å². The first-order chi connectivity index (χ1) is 13.6. The molecular formula is C22H15FO5. The summed E-state index contributed by atoms with van der Waals surface area (Å²) in [5, 5.41) is 2.61. The fourth-order valence-corrected chi connectivity index (χ4v) is 3.01. The Hall–Kier alpha value is -3.67. The van der Waals surface area contributed by atoms with Crippen LogP contribution in [0.15, 0.2) is 75.9 Å². The zero-order chi connectivity index (χ0) is 19.5. The van der Waals surface area contributed by atoms with Gasteiger partial charge in [0.2, 0.25) is 0 Å². The molecule has 0 radical (unpaired) electrons. The molecule has 1 aromatic heterocycles. The molecule has 0 amide bonds. The molecular weight excluding hydrogens is 363 g/mol. The molecule has 140 valence electrons. The molecule has 5 nitrogen and oxygen atoms in total. The van der Waals surface area contributed by atoms with Gasteiger partial charge in [-0.05, 0) is 41.1 Å². The molecule has 3 aromatic carbocycles. The minimum atomic E-state index is -0.606. The molecule has 0 bridgehead atoms. The highest BCUT2D eigenvalue weighted by Crippen LogP contribution is 2.27. The van der Waals surface area contributed by atoms with Crippen LogP contribution in [-0.4, -0.2) is 12.6 Å². The third-order valence-corrected chi connectivity index (χ3v) is 4.27. The van der Waals surface area contributed by atoms with E-state index in [2.05, 4.69) is 0 Å².